The normalized spacial score (nSPS) is 10.2. The maximum Gasteiger partial charge on any atom is 0.0519 e. The van der Waals surface area contributed by atoms with Crippen LogP contribution in [-0.4, -0.2) is 11.1 Å². The highest BCUT2D eigenvalue weighted by Crippen LogP contribution is 2.09. The monoisotopic (exact) mass is 200 g/mol. The van der Waals surface area contributed by atoms with Crippen LogP contribution in [0.1, 0.15) is 12.5 Å². The molecule has 0 atom stereocenters. The van der Waals surface area contributed by atoms with Gasteiger partial charge in [-0.3, -0.25) is 0 Å². The van der Waals surface area contributed by atoms with Crippen LogP contribution in [0.2, 0.25) is 0 Å². The van der Waals surface area contributed by atoms with Gasteiger partial charge in [0.15, 0.2) is 0 Å². The Hall–Kier alpha value is -1.70. The summed E-state index contributed by atoms with van der Waals surface area (Å²) in [6, 6.07) is 12.6. The first-order chi connectivity index (χ1) is 7.38. The van der Waals surface area contributed by atoms with Crippen molar-refractivity contribution in [2.24, 2.45) is 0 Å². The number of rotatable bonds is 4. The number of nitrogens with zero attached hydrogens (tertiary/aromatic N) is 1. The number of hydrogen-bond donors (Lipinski definition) is 1. The SMILES string of the molecule is CCNc1ccn(Cc2ccccc2)c1. The fourth-order valence-electron chi connectivity index (χ4n) is 1.64. The lowest BCUT2D eigenvalue weighted by Gasteiger charge is -2.02. The molecule has 1 aromatic heterocycles. The van der Waals surface area contributed by atoms with E-state index >= 15 is 0 Å². The van der Waals surface area contributed by atoms with Crippen molar-refractivity contribution in [3.63, 3.8) is 0 Å². The zero-order valence-electron chi connectivity index (χ0n) is 8.98. The molecule has 2 heteroatoms. The van der Waals surface area contributed by atoms with E-state index in [4.69, 9.17) is 0 Å². The van der Waals surface area contributed by atoms with Crippen molar-refractivity contribution in [2.45, 2.75) is 13.5 Å². The van der Waals surface area contributed by atoms with Gasteiger partial charge in [-0.15, -0.1) is 0 Å². The minimum absolute atomic E-state index is 0.937. The van der Waals surface area contributed by atoms with Crippen LogP contribution in [0.25, 0.3) is 0 Å². The van der Waals surface area contributed by atoms with Crippen LogP contribution in [0.3, 0.4) is 0 Å². The molecule has 2 aromatic rings. The van der Waals surface area contributed by atoms with E-state index in [1.807, 2.05) is 6.07 Å². The maximum absolute atomic E-state index is 3.29. The van der Waals surface area contributed by atoms with Gasteiger partial charge >= 0.3 is 0 Å². The molecule has 1 N–H and O–H groups in total. The summed E-state index contributed by atoms with van der Waals surface area (Å²) >= 11 is 0. The summed E-state index contributed by atoms with van der Waals surface area (Å²) in [6.07, 6.45) is 4.24. The van der Waals surface area contributed by atoms with E-state index < -0.39 is 0 Å². The van der Waals surface area contributed by atoms with Crippen LogP contribution in [0.15, 0.2) is 48.8 Å². The number of anilines is 1. The number of aromatic nitrogens is 1. The highest BCUT2D eigenvalue weighted by atomic mass is 15.0. The molecule has 0 fully saturated rings. The lowest BCUT2D eigenvalue weighted by Crippen LogP contribution is -1.97. The molecule has 0 saturated carbocycles. The maximum atomic E-state index is 3.29. The topological polar surface area (TPSA) is 17.0 Å². The Balaban J connectivity index is 2.05. The fourth-order valence-corrected chi connectivity index (χ4v) is 1.64. The molecule has 0 bridgehead atoms. The minimum Gasteiger partial charge on any atom is -0.384 e. The second kappa shape index (κ2) is 4.69. The van der Waals surface area contributed by atoms with E-state index in [0.717, 1.165) is 13.1 Å². The minimum atomic E-state index is 0.937. The molecule has 0 unspecified atom stereocenters. The van der Waals surface area contributed by atoms with E-state index in [2.05, 4.69) is 59.5 Å². The number of hydrogen-bond acceptors (Lipinski definition) is 1. The number of nitrogens with one attached hydrogen (secondary N) is 1. The largest absolute Gasteiger partial charge is 0.384 e. The van der Waals surface area contributed by atoms with Crippen molar-refractivity contribution in [1.82, 2.24) is 4.57 Å². The summed E-state index contributed by atoms with van der Waals surface area (Å²) in [5.41, 5.74) is 2.52. The predicted molar refractivity (Wildman–Crippen MR) is 64.1 cm³/mol. The highest BCUT2D eigenvalue weighted by Gasteiger charge is 1.96. The predicted octanol–water partition coefficient (Wildman–Crippen LogP) is 2.97. The Kier molecular flexibility index (Phi) is 3.08. The van der Waals surface area contributed by atoms with Crippen LogP contribution in [-0.2, 0) is 6.54 Å². The molecule has 1 heterocycles. The van der Waals surface area contributed by atoms with E-state index in [-0.39, 0.29) is 0 Å². The van der Waals surface area contributed by atoms with E-state index in [1.165, 1.54) is 11.3 Å². The van der Waals surface area contributed by atoms with Crippen molar-refractivity contribution in [2.75, 3.05) is 11.9 Å². The van der Waals surface area contributed by atoms with Crippen molar-refractivity contribution in [3.8, 4) is 0 Å². The molecule has 0 amide bonds. The van der Waals surface area contributed by atoms with Gasteiger partial charge in [-0.2, -0.15) is 0 Å². The van der Waals surface area contributed by atoms with Gasteiger partial charge in [0.25, 0.3) is 0 Å². The van der Waals surface area contributed by atoms with E-state index in [1.54, 1.807) is 0 Å². The van der Waals surface area contributed by atoms with Gasteiger partial charge in [0.05, 0.1) is 5.69 Å². The summed E-state index contributed by atoms with van der Waals surface area (Å²) in [5.74, 6) is 0. The second-order valence-electron chi connectivity index (χ2n) is 3.59. The average molecular weight is 200 g/mol. The standard InChI is InChI=1S/C13H16N2/c1-2-14-13-8-9-15(11-13)10-12-6-4-3-5-7-12/h3-9,11,14H,2,10H2,1H3. The fraction of sp³-hybridized carbons (Fsp3) is 0.231. The molecule has 0 aliphatic heterocycles. The van der Waals surface area contributed by atoms with Crippen molar-refractivity contribution < 1.29 is 0 Å². The average Bonchev–Trinajstić information content (AvgIpc) is 2.68. The first kappa shape index (κ1) is 9.84. The highest BCUT2D eigenvalue weighted by molar-refractivity contribution is 5.41. The van der Waals surface area contributed by atoms with Gasteiger partial charge in [0.1, 0.15) is 0 Å². The van der Waals surface area contributed by atoms with Crippen LogP contribution >= 0.6 is 0 Å². The second-order valence-corrected chi connectivity index (χ2v) is 3.59. The molecule has 0 aliphatic carbocycles. The third-order valence-electron chi connectivity index (χ3n) is 2.34. The Bertz CT molecular complexity index is 403. The molecule has 2 nitrogen and oxygen atoms in total. The number of benzene rings is 1. The Morgan fingerprint density at radius 3 is 2.67 bits per heavy atom. The lowest BCUT2D eigenvalue weighted by atomic mass is 10.2. The van der Waals surface area contributed by atoms with Gasteiger partial charge in [0, 0.05) is 25.5 Å². The molecular formula is C13H16N2. The van der Waals surface area contributed by atoms with E-state index in [0.29, 0.717) is 0 Å². The zero-order chi connectivity index (χ0) is 10.5. The van der Waals surface area contributed by atoms with Crippen molar-refractivity contribution in [3.05, 3.63) is 54.4 Å². The van der Waals surface area contributed by atoms with Crippen molar-refractivity contribution in [1.29, 1.82) is 0 Å². The van der Waals surface area contributed by atoms with Crippen LogP contribution in [0.5, 0.6) is 0 Å². The molecule has 0 spiro atoms. The molecule has 78 valence electrons. The van der Waals surface area contributed by atoms with Crippen LogP contribution < -0.4 is 5.32 Å². The van der Waals surface area contributed by atoms with Gasteiger partial charge in [-0.05, 0) is 18.6 Å². The summed E-state index contributed by atoms with van der Waals surface area (Å²) in [6.45, 7) is 4.01. The quantitative estimate of drug-likeness (QED) is 0.803. The summed E-state index contributed by atoms with van der Waals surface area (Å²) < 4.78 is 2.19. The van der Waals surface area contributed by atoms with E-state index in [9.17, 15) is 0 Å². The Morgan fingerprint density at radius 1 is 1.13 bits per heavy atom. The van der Waals surface area contributed by atoms with Crippen LogP contribution in [0, 0.1) is 0 Å². The zero-order valence-corrected chi connectivity index (χ0v) is 8.98. The lowest BCUT2D eigenvalue weighted by molar-refractivity contribution is 0.806. The third-order valence-corrected chi connectivity index (χ3v) is 2.34. The molecule has 1 aromatic carbocycles. The Labute approximate surface area is 90.6 Å². The van der Waals surface area contributed by atoms with Gasteiger partial charge < -0.3 is 9.88 Å². The summed E-state index contributed by atoms with van der Waals surface area (Å²) in [4.78, 5) is 0. The summed E-state index contributed by atoms with van der Waals surface area (Å²) in [7, 11) is 0. The third kappa shape index (κ3) is 2.62. The molecule has 2 rings (SSSR count). The molecule has 15 heavy (non-hydrogen) atoms. The van der Waals surface area contributed by atoms with Gasteiger partial charge in [0.2, 0.25) is 0 Å². The first-order valence-corrected chi connectivity index (χ1v) is 5.32. The van der Waals surface area contributed by atoms with Gasteiger partial charge in [-0.25, -0.2) is 0 Å². The van der Waals surface area contributed by atoms with Crippen LogP contribution in [0.4, 0.5) is 5.69 Å². The smallest absolute Gasteiger partial charge is 0.0519 e. The molecule has 0 saturated heterocycles. The molecular weight excluding hydrogens is 184 g/mol. The molecule has 0 aliphatic rings. The summed E-state index contributed by atoms with van der Waals surface area (Å²) in [5, 5.41) is 3.29. The first-order valence-electron chi connectivity index (χ1n) is 5.32. The van der Waals surface area contributed by atoms with Gasteiger partial charge in [-0.1, -0.05) is 30.3 Å². The Morgan fingerprint density at radius 2 is 1.93 bits per heavy atom. The molecule has 0 radical (unpaired) electrons. The van der Waals surface area contributed by atoms with Crippen molar-refractivity contribution >= 4 is 5.69 Å².